The van der Waals surface area contributed by atoms with Gasteiger partial charge in [-0.05, 0) is 0 Å². The average molecular weight is 271 g/mol. The Balaban J connectivity index is 2.03. The van der Waals surface area contributed by atoms with E-state index in [9.17, 15) is 15.3 Å². The molecule has 4 atom stereocenters. The van der Waals surface area contributed by atoms with Crippen molar-refractivity contribution in [2.45, 2.75) is 57.1 Å². The predicted molar refractivity (Wildman–Crippen MR) is 66.5 cm³/mol. The highest BCUT2D eigenvalue weighted by Gasteiger charge is 2.37. The van der Waals surface area contributed by atoms with E-state index in [1.807, 2.05) is 20.8 Å². The highest BCUT2D eigenvalue weighted by Crippen LogP contribution is 2.20. The lowest BCUT2D eigenvalue weighted by atomic mass is 9.93. The topological polar surface area (TPSA) is 101 Å². The Hall–Kier alpha value is -1.02. The number of hydrogen-bond acceptors (Lipinski definition) is 6. The second kappa shape index (κ2) is 5.16. The minimum Gasteiger partial charge on any atom is -0.388 e. The Morgan fingerprint density at radius 2 is 2.00 bits per heavy atom. The number of ether oxygens (including phenoxy) is 1. The third-order valence-corrected chi connectivity index (χ3v) is 3.28. The summed E-state index contributed by atoms with van der Waals surface area (Å²) in [5.74, 6) is 0. The van der Waals surface area contributed by atoms with Crippen LogP contribution in [0.2, 0.25) is 0 Å². The van der Waals surface area contributed by atoms with E-state index in [0.29, 0.717) is 0 Å². The van der Waals surface area contributed by atoms with Gasteiger partial charge in [-0.25, -0.2) is 4.68 Å². The fourth-order valence-corrected chi connectivity index (χ4v) is 1.94. The second-order valence-electron chi connectivity index (χ2n) is 6.00. The van der Waals surface area contributed by atoms with Crippen LogP contribution in [0.5, 0.6) is 0 Å². The smallest absolute Gasteiger partial charge is 0.111 e. The number of aliphatic hydroxyl groups excluding tert-OH is 3. The molecule has 108 valence electrons. The Kier molecular flexibility index (Phi) is 3.91. The zero-order chi connectivity index (χ0) is 14.2. The highest BCUT2D eigenvalue weighted by molar-refractivity contribution is 5.06. The van der Waals surface area contributed by atoms with Gasteiger partial charge in [-0.15, -0.1) is 5.10 Å². The number of nitrogens with zero attached hydrogens (tertiary/aromatic N) is 3. The van der Waals surface area contributed by atoms with E-state index in [-0.39, 0.29) is 18.6 Å². The molecule has 3 N–H and O–H groups in total. The van der Waals surface area contributed by atoms with Crippen molar-refractivity contribution in [3.63, 3.8) is 0 Å². The number of aliphatic hydroxyl groups is 3. The van der Waals surface area contributed by atoms with E-state index in [1.54, 1.807) is 10.9 Å². The quantitative estimate of drug-likeness (QED) is 0.641. The normalized spacial score (nSPS) is 32.5. The zero-order valence-corrected chi connectivity index (χ0v) is 11.4. The minimum atomic E-state index is -1.19. The van der Waals surface area contributed by atoms with Crippen molar-refractivity contribution in [3.05, 3.63) is 11.9 Å². The lowest BCUT2D eigenvalue weighted by Gasteiger charge is -2.35. The van der Waals surface area contributed by atoms with Gasteiger partial charge in [0.15, 0.2) is 0 Å². The first-order chi connectivity index (χ1) is 8.79. The first kappa shape index (κ1) is 14.4. The van der Waals surface area contributed by atoms with E-state index < -0.39 is 24.4 Å². The van der Waals surface area contributed by atoms with Crippen molar-refractivity contribution in [1.29, 1.82) is 0 Å². The van der Waals surface area contributed by atoms with Gasteiger partial charge in [-0.3, -0.25) is 0 Å². The van der Waals surface area contributed by atoms with Gasteiger partial charge in [0.1, 0.15) is 24.4 Å². The number of rotatable bonds is 2. The van der Waals surface area contributed by atoms with Gasteiger partial charge in [0, 0.05) is 11.6 Å². The van der Waals surface area contributed by atoms with E-state index in [1.165, 1.54) is 0 Å². The number of aromatic nitrogens is 3. The molecule has 1 fully saturated rings. The molecule has 0 radical (unpaired) electrons. The fraction of sp³-hybridized carbons (Fsp3) is 0.833. The van der Waals surface area contributed by atoms with Crippen LogP contribution in [0.25, 0.3) is 0 Å². The van der Waals surface area contributed by atoms with Crippen LogP contribution in [-0.2, 0) is 16.7 Å². The van der Waals surface area contributed by atoms with Crippen LogP contribution < -0.4 is 0 Å². The molecule has 1 aliphatic heterocycles. The first-order valence-corrected chi connectivity index (χ1v) is 6.35. The van der Waals surface area contributed by atoms with Gasteiger partial charge in [0.05, 0.1) is 18.8 Å². The van der Waals surface area contributed by atoms with E-state index in [0.717, 1.165) is 5.69 Å². The maximum absolute atomic E-state index is 9.84. The third kappa shape index (κ3) is 3.11. The molecule has 2 heterocycles. The summed E-state index contributed by atoms with van der Waals surface area (Å²) in [6.07, 6.45) is -2.18. The molecule has 1 aromatic heterocycles. The average Bonchev–Trinajstić information content (AvgIpc) is 2.78. The molecule has 1 saturated heterocycles. The zero-order valence-electron chi connectivity index (χ0n) is 11.4. The molecule has 0 saturated carbocycles. The van der Waals surface area contributed by atoms with Gasteiger partial charge in [-0.1, -0.05) is 26.0 Å². The second-order valence-corrected chi connectivity index (χ2v) is 6.00. The summed E-state index contributed by atoms with van der Waals surface area (Å²) < 4.78 is 6.91. The largest absolute Gasteiger partial charge is 0.388 e. The van der Waals surface area contributed by atoms with E-state index >= 15 is 0 Å². The number of hydrogen-bond donors (Lipinski definition) is 3. The Bertz CT molecular complexity index is 429. The van der Waals surface area contributed by atoms with Crippen LogP contribution in [0.15, 0.2) is 6.20 Å². The predicted octanol–water partition coefficient (Wildman–Crippen LogP) is -0.943. The van der Waals surface area contributed by atoms with Crippen molar-refractivity contribution in [2.75, 3.05) is 6.61 Å². The van der Waals surface area contributed by atoms with Gasteiger partial charge in [-0.2, -0.15) is 0 Å². The molecule has 0 unspecified atom stereocenters. The van der Waals surface area contributed by atoms with Crippen LogP contribution in [0.3, 0.4) is 0 Å². The van der Waals surface area contributed by atoms with E-state index in [2.05, 4.69) is 10.3 Å². The van der Waals surface area contributed by atoms with Crippen molar-refractivity contribution in [1.82, 2.24) is 15.0 Å². The molecule has 0 amide bonds. The summed E-state index contributed by atoms with van der Waals surface area (Å²) in [6.45, 7) is 6.39. The van der Waals surface area contributed by atoms with Crippen LogP contribution in [0, 0.1) is 0 Å². The van der Waals surface area contributed by atoms with Gasteiger partial charge >= 0.3 is 0 Å². The fourth-order valence-electron chi connectivity index (χ4n) is 1.94. The molecule has 19 heavy (non-hydrogen) atoms. The Labute approximate surface area is 111 Å². The highest BCUT2D eigenvalue weighted by atomic mass is 16.5. The summed E-state index contributed by atoms with van der Waals surface area (Å²) in [5.41, 5.74) is 0.748. The molecule has 1 aliphatic rings. The Morgan fingerprint density at radius 3 is 2.58 bits per heavy atom. The van der Waals surface area contributed by atoms with Crippen molar-refractivity contribution >= 4 is 0 Å². The monoisotopic (exact) mass is 271 g/mol. The molecule has 2 rings (SSSR count). The van der Waals surface area contributed by atoms with Crippen molar-refractivity contribution < 1.29 is 20.1 Å². The molecular weight excluding hydrogens is 250 g/mol. The van der Waals surface area contributed by atoms with Crippen LogP contribution in [-0.4, -0.2) is 61.3 Å². The van der Waals surface area contributed by atoms with Crippen LogP contribution in [0.4, 0.5) is 0 Å². The van der Waals surface area contributed by atoms with Gasteiger partial charge < -0.3 is 20.1 Å². The molecule has 0 aliphatic carbocycles. The first-order valence-electron chi connectivity index (χ1n) is 6.35. The molecule has 7 heteroatoms. The summed E-state index contributed by atoms with van der Waals surface area (Å²) in [4.78, 5) is 0. The maximum Gasteiger partial charge on any atom is 0.111 e. The summed E-state index contributed by atoms with van der Waals surface area (Å²) in [6, 6.07) is 0. The lowest BCUT2D eigenvalue weighted by molar-refractivity contribution is -0.190. The summed E-state index contributed by atoms with van der Waals surface area (Å²) in [5, 5.41) is 36.9. The van der Waals surface area contributed by atoms with Crippen molar-refractivity contribution in [2.24, 2.45) is 0 Å². The standard InChI is InChI=1S/C12H21N3O4/c1-12(2,3)9-5-15(14-13-9)4-8-11(18)10(17)7(16)6-19-8/h5,7-8,10-11,16-18H,4,6H2,1-3H3/t7-,8+,10+,11+/m0/s1. The van der Waals surface area contributed by atoms with Crippen LogP contribution >= 0.6 is 0 Å². The van der Waals surface area contributed by atoms with Gasteiger partial charge in [0.25, 0.3) is 0 Å². The maximum atomic E-state index is 9.84. The molecule has 0 aromatic carbocycles. The summed E-state index contributed by atoms with van der Waals surface area (Å²) in [7, 11) is 0. The lowest BCUT2D eigenvalue weighted by Crippen LogP contribution is -2.54. The molecule has 1 aromatic rings. The third-order valence-electron chi connectivity index (χ3n) is 3.28. The van der Waals surface area contributed by atoms with Crippen molar-refractivity contribution in [3.8, 4) is 0 Å². The molecular formula is C12H21N3O4. The summed E-state index contributed by atoms with van der Waals surface area (Å²) >= 11 is 0. The molecule has 7 nitrogen and oxygen atoms in total. The van der Waals surface area contributed by atoms with Gasteiger partial charge in [0.2, 0.25) is 0 Å². The molecule has 0 bridgehead atoms. The Morgan fingerprint density at radius 1 is 1.32 bits per heavy atom. The van der Waals surface area contributed by atoms with Crippen LogP contribution in [0.1, 0.15) is 26.5 Å². The SMILES string of the molecule is CC(C)(C)c1cn(C[C@H]2OC[C@H](O)[C@@H](O)[C@@H]2O)nn1. The minimum absolute atomic E-state index is 0.00369. The molecule has 0 spiro atoms. The van der Waals surface area contributed by atoms with E-state index in [4.69, 9.17) is 4.74 Å².